The van der Waals surface area contributed by atoms with E-state index in [-0.39, 0.29) is 12.0 Å². The molecule has 2 aliphatic rings. The predicted octanol–water partition coefficient (Wildman–Crippen LogP) is 0.607. The summed E-state index contributed by atoms with van der Waals surface area (Å²) >= 11 is 0. The molecular formula is C12H22N2O2. The zero-order valence-corrected chi connectivity index (χ0v) is 10.2. The van der Waals surface area contributed by atoms with Crippen LogP contribution in [-0.2, 0) is 9.53 Å². The molecule has 0 spiro atoms. The summed E-state index contributed by atoms with van der Waals surface area (Å²) < 4.78 is 5.34. The van der Waals surface area contributed by atoms with Crippen molar-refractivity contribution < 1.29 is 9.53 Å². The maximum absolute atomic E-state index is 12.0. The van der Waals surface area contributed by atoms with Gasteiger partial charge in [0.15, 0.2) is 0 Å². The van der Waals surface area contributed by atoms with Gasteiger partial charge in [-0.15, -0.1) is 0 Å². The van der Waals surface area contributed by atoms with Crippen LogP contribution in [0.3, 0.4) is 0 Å². The molecule has 4 unspecified atom stereocenters. The van der Waals surface area contributed by atoms with Crippen LogP contribution in [-0.4, -0.2) is 42.6 Å². The average molecular weight is 226 g/mol. The molecule has 2 fully saturated rings. The molecule has 0 bridgehead atoms. The van der Waals surface area contributed by atoms with E-state index in [1.165, 1.54) is 6.42 Å². The lowest BCUT2D eigenvalue weighted by Crippen LogP contribution is -2.39. The van der Waals surface area contributed by atoms with Gasteiger partial charge in [0.05, 0.1) is 0 Å². The zero-order chi connectivity index (χ0) is 11.7. The van der Waals surface area contributed by atoms with Crippen molar-refractivity contribution in [2.75, 3.05) is 19.7 Å². The first kappa shape index (κ1) is 11.9. The van der Waals surface area contributed by atoms with Gasteiger partial charge in [0, 0.05) is 25.7 Å². The molecule has 0 radical (unpaired) electrons. The highest BCUT2D eigenvalue weighted by atomic mass is 16.5. The number of amides is 1. The number of fused-ring (bicyclic) bond motifs is 1. The third-order valence-electron chi connectivity index (χ3n) is 3.99. The third kappa shape index (κ3) is 2.09. The number of likely N-dealkylation sites (tertiary alicyclic amines) is 1. The highest BCUT2D eigenvalue weighted by Crippen LogP contribution is 2.37. The third-order valence-corrected chi connectivity index (χ3v) is 3.99. The van der Waals surface area contributed by atoms with Crippen LogP contribution >= 0.6 is 0 Å². The van der Waals surface area contributed by atoms with Gasteiger partial charge in [0.25, 0.3) is 5.91 Å². The maximum Gasteiger partial charge on any atom is 0.251 e. The Hall–Kier alpha value is -0.610. The molecule has 0 aromatic rings. The Morgan fingerprint density at radius 2 is 2.25 bits per heavy atom. The molecule has 2 rings (SSSR count). The molecule has 2 N–H and O–H groups in total. The van der Waals surface area contributed by atoms with Gasteiger partial charge in [-0.3, -0.25) is 4.79 Å². The van der Waals surface area contributed by atoms with E-state index in [0.29, 0.717) is 24.5 Å². The minimum atomic E-state index is -0.306. The van der Waals surface area contributed by atoms with E-state index in [9.17, 15) is 4.79 Å². The fraction of sp³-hybridized carbons (Fsp3) is 0.917. The molecule has 92 valence electrons. The molecule has 4 heteroatoms. The quantitative estimate of drug-likeness (QED) is 0.767. The molecule has 4 nitrogen and oxygen atoms in total. The van der Waals surface area contributed by atoms with Crippen molar-refractivity contribution >= 4 is 5.91 Å². The maximum atomic E-state index is 12.0. The Kier molecular flexibility index (Phi) is 3.50. The van der Waals surface area contributed by atoms with Crippen molar-refractivity contribution in [3.8, 4) is 0 Å². The van der Waals surface area contributed by atoms with E-state index in [4.69, 9.17) is 10.5 Å². The zero-order valence-electron chi connectivity index (χ0n) is 10.2. The second kappa shape index (κ2) is 4.72. The second-order valence-corrected chi connectivity index (χ2v) is 5.01. The van der Waals surface area contributed by atoms with Gasteiger partial charge in [-0.05, 0) is 38.5 Å². The van der Waals surface area contributed by atoms with Gasteiger partial charge in [-0.2, -0.15) is 0 Å². The number of nitrogens with two attached hydrogens (primary N) is 1. The highest BCUT2D eigenvalue weighted by molar-refractivity contribution is 5.80. The van der Waals surface area contributed by atoms with E-state index in [0.717, 1.165) is 19.5 Å². The Balaban J connectivity index is 1.91. The summed E-state index contributed by atoms with van der Waals surface area (Å²) in [4.78, 5) is 14.0. The number of nitrogens with zero attached hydrogens (tertiary/aromatic N) is 1. The molecule has 1 saturated heterocycles. The molecular weight excluding hydrogens is 204 g/mol. The molecule has 1 heterocycles. The van der Waals surface area contributed by atoms with Crippen molar-refractivity contribution in [1.82, 2.24) is 4.90 Å². The van der Waals surface area contributed by atoms with Crippen molar-refractivity contribution in [2.45, 2.75) is 38.8 Å². The summed E-state index contributed by atoms with van der Waals surface area (Å²) in [6, 6.07) is 0.296. The first-order valence-corrected chi connectivity index (χ1v) is 6.29. The number of hydrogen-bond acceptors (Lipinski definition) is 3. The van der Waals surface area contributed by atoms with Crippen molar-refractivity contribution in [2.24, 2.45) is 17.6 Å². The minimum Gasteiger partial charge on any atom is -0.369 e. The number of rotatable bonds is 3. The van der Waals surface area contributed by atoms with Crippen LogP contribution in [0, 0.1) is 11.8 Å². The normalized spacial score (nSPS) is 35.2. The van der Waals surface area contributed by atoms with Gasteiger partial charge in [-0.25, -0.2) is 0 Å². The monoisotopic (exact) mass is 226 g/mol. The summed E-state index contributed by atoms with van der Waals surface area (Å²) in [5.74, 6) is 1.29. The van der Waals surface area contributed by atoms with Crippen molar-refractivity contribution in [3.63, 3.8) is 0 Å². The summed E-state index contributed by atoms with van der Waals surface area (Å²) in [7, 11) is 0. The van der Waals surface area contributed by atoms with E-state index in [2.05, 4.69) is 0 Å². The van der Waals surface area contributed by atoms with Crippen molar-refractivity contribution in [1.29, 1.82) is 0 Å². The Morgan fingerprint density at radius 1 is 1.50 bits per heavy atom. The van der Waals surface area contributed by atoms with Gasteiger partial charge < -0.3 is 15.4 Å². The van der Waals surface area contributed by atoms with Gasteiger partial charge in [-0.1, -0.05) is 0 Å². The lowest BCUT2D eigenvalue weighted by atomic mass is 9.98. The second-order valence-electron chi connectivity index (χ2n) is 5.01. The number of hydrogen-bond donors (Lipinski definition) is 1. The van der Waals surface area contributed by atoms with Crippen LogP contribution in [0.1, 0.15) is 26.7 Å². The van der Waals surface area contributed by atoms with Crippen molar-refractivity contribution in [3.05, 3.63) is 0 Å². The van der Waals surface area contributed by atoms with Crippen LogP contribution in [0.25, 0.3) is 0 Å². The molecule has 0 aromatic carbocycles. The molecule has 16 heavy (non-hydrogen) atoms. The fourth-order valence-corrected chi connectivity index (χ4v) is 3.07. The summed E-state index contributed by atoms with van der Waals surface area (Å²) in [6.45, 7) is 6.06. The Labute approximate surface area is 97.1 Å². The molecule has 1 amide bonds. The highest BCUT2D eigenvalue weighted by Gasteiger charge is 2.43. The molecule has 0 aromatic heterocycles. The smallest absolute Gasteiger partial charge is 0.251 e. The Bertz CT molecular complexity index is 270. The van der Waals surface area contributed by atoms with E-state index in [1.807, 2.05) is 18.7 Å². The number of ether oxygens (including phenoxy) is 1. The van der Waals surface area contributed by atoms with Crippen LogP contribution in [0.2, 0.25) is 0 Å². The van der Waals surface area contributed by atoms with Crippen LogP contribution in [0.4, 0.5) is 0 Å². The first-order chi connectivity index (χ1) is 7.63. The first-order valence-electron chi connectivity index (χ1n) is 6.29. The standard InChI is InChI=1S/C12H22N2O2/c1-3-16-8(2)12(15)14-6-9-4-5-11(13)10(9)7-14/h8-11H,3-7,13H2,1-2H3. The Morgan fingerprint density at radius 3 is 2.88 bits per heavy atom. The van der Waals surface area contributed by atoms with Gasteiger partial charge >= 0.3 is 0 Å². The summed E-state index contributed by atoms with van der Waals surface area (Å²) in [6.07, 6.45) is 2.00. The van der Waals surface area contributed by atoms with E-state index >= 15 is 0 Å². The van der Waals surface area contributed by atoms with Gasteiger partial charge in [0.1, 0.15) is 6.10 Å². The minimum absolute atomic E-state index is 0.128. The van der Waals surface area contributed by atoms with Crippen LogP contribution < -0.4 is 5.73 Å². The molecule has 1 saturated carbocycles. The summed E-state index contributed by atoms with van der Waals surface area (Å²) in [5, 5.41) is 0. The van der Waals surface area contributed by atoms with Crippen LogP contribution in [0.15, 0.2) is 0 Å². The van der Waals surface area contributed by atoms with E-state index < -0.39 is 0 Å². The predicted molar refractivity (Wildman–Crippen MR) is 61.9 cm³/mol. The number of carbonyl (C=O) groups is 1. The average Bonchev–Trinajstić information content (AvgIpc) is 2.81. The molecule has 1 aliphatic heterocycles. The summed E-state index contributed by atoms with van der Waals surface area (Å²) in [5.41, 5.74) is 6.05. The molecule has 1 aliphatic carbocycles. The lowest BCUT2D eigenvalue weighted by molar-refractivity contribution is -0.141. The largest absolute Gasteiger partial charge is 0.369 e. The lowest BCUT2D eigenvalue weighted by Gasteiger charge is -2.22. The van der Waals surface area contributed by atoms with Crippen LogP contribution in [0.5, 0.6) is 0 Å². The fourth-order valence-electron chi connectivity index (χ4n) is 3.07. The SMILES string of the molecule is CCOC(C)C(=O)N1CC2CCC(N)C2C1. The topological polar surface area (TPSA) is 55.6 Å². The van der Waals surface area contributed by atoms with Gasteiger partial charge in [0.2, 0.25) is 0 Å². The molecule has 4 atom stereocenters. The van der Waals surface area contributed by atoms with E-state index in [1.54, 1.807) is 0 Å². The number of carbonyl (C=O) groups excluding carboxylic acids is 1.